The van der Waals surface area contributed by atoms with Gasteiger partial charge in [-0.15, -0.1) is 0 Å². The quantitative estimate of drug-likeness (QED) is 0.449. The summed E-state index contributed by atoms with van der Waals surface area (Å²) in [7, 11) is 9.69. The van der Waals surface area contributed by atoms with Crippen LogP contribution in [0.1, 0.15) is 23.2 Å². The minimum absolute atomic E-state index is 0.670. The fourth-order valence-corrected chi connectivity index (χ4v) is 99.2. The molecule has 31 heavy (non-hydrogen) atoms. The van der Waals surface area contributed by atoms with Crippen molar-refractivity contribution in [2.45, 2.75) is 59.2 Å². The van der Waals surface area contributed by atoms with Gasteiger partial charge in [0.25, 0.3) is 0 Å². The van der Waals surface area contributed by atoms with Crippen LogP contribution in [0.5, 0.6) is 0 Å². The van der Waals surface area contributed by atoms with E-state index in [1.54, 1.807) is 11.1 Å². The second-order valence-electron chi connectivity index (χ2n) is 15.4. The summed E-state index contributed by atoms with van der Waals surface area (Å²) in [6.45, 7) is -3.66. The molecule has 2 aromatic carbocycles. The SMILES string of the molecule is CN(C)[C@H](c1ccccc1)[C]12[CH]3[CH]4[CH]5[C]1([C@@H](c1ccccc1)N(C)C)[Fe]43521678[CH]2[CH]1[CH]6[CH]7[CH]28. The van der Waals surface area contributed by atoms with E-state index >= 15 is 0 Å². The van der Waals surface area contributed by atoms with Crippen molar-refractivity contribution < 1.29 is 6.51 Å². The molecule has 0 radical (unpaired) electrons. The molecule has 10 aliphatic rings. The van der Waals surface area contributed by atoms with Crippen LogP contribution in [-0.2, 0) is 6.51 Å². The zero-order valence-corrected chi connectivity index (χ0v) is 19.9. The second-order valence-corrected chi connectivity index (χ2v) is 38.7. The van der Waals surface area contributed by atoms with Gasteiger partial charge in [0, 0.05) is 0 Å². The van der Waals surface area contributed by atoms with Crippen LogP contribution in [0, 0.1) is 0 Å². The number of fused-ring (bicyclic) bond motifs is 10. The molecule has 0 aromatic heterocycles. The van der Waals surface area contributed by atoms with Gasteiger partial charge in [0.15, 0.2) is 0 Å². The molecule has 6 atom stereocenters. The summed E-state index contributed by atoms with van der Waals surface area (Å²) >= 11 is 0. The molecule has 0 N–H and O–H groups in total. The van der Waals surface area contributed by atoms with Crippen molar-refractivity contribution >= 4 is 0 Å². The van der Waals surface area contributed by atoms with E-state index in [1.807, 2.05) is 0 Å². The molecule has 0 aliphatic carbocycles. The molecule has 0 bridgehead atoms. The number of hydrogen-bond acceptors (Lipinski definition) is 2. The van der Waals surface area contributed by atoms with Crippen LogP contribution in [0.15, 0.2) is 60.7 Å². The third-order valence-corrected chi connectivity index (χ3v) is 62.5. The Morgan fingerprint density at radius 3 is 1.19 bits per heavy atom. The first-order chi connectivity index (χ1) is 14.8. The van der Waals surface area contributed by atoms with Crippen molar-refractivity contribution in [3.8, 4) is 0 Å². The van der Waals surface area contributed by atoms with Gasteiger partial charge in [-0.3, -0.25) is 0 Å². The van der Waals surface area contributed by atoms with Crippen molar-refractivity contribution in [3.63, 3.8) is 0 Å². The number of hydrogen-bond donors (Lipinski definition) is 0. The molecular formula is C28H32FeN2. The molecule has 0 amide bonds. The van der Waals surface area contributed by atoms with Crippen molar-refractivity contribution in [2.75, 3.05) is 28.2 Å². The zero-order chi connectivity index (χ0) is 20.5. The maximum atomic E-state index is 2.70. The predicted molar refractivity (Wildman–Crippen MR) is 121 cm³/mol. The molecule has 2 nitrogen and oxygen atoms in total. The van der Waals surface area contributed by atoms with Crippen LogP contribution in [0.3, 0.4) is 0 Å². The Morgan fingerprint density at radius 1 is 0.581 bits per heavy atom. The molecule has 10 heterocycles. The van der Waals surface area contributed by atoms with Gasteiger partial charge >= 0.3 is 176 Å². The van der Waals surface area contributed by atoms with Gasteiger partial charge in [-0.2, -0.15) is 0 Å². The van der Waals surface area contributed by atoms with Gasteiger partial charge in [0.1, 0.15) is 0 Å². The van der Waals surface area contributed by atoms with Crippen LogP contribution in [0.25, 0.3) is 0 Å². The monoisotopic (exact) mass is 452 g/mol. The number of rotatable bonds is 6. The van der Waals surface area contributed by atoms with Crippen molar-refractivity contribution in [1.29, 1.82) is 0 Å². The van der Waals surface area contributed by atoms with E-state index in [2.05, 4.69) is 98.7 Å². The summed E-state index contributed by atoms with van der Waals surface area (Å²) in [6.07, 6.45) is 0. The van der Waals surface area contributed by atoms with E-state index < -0.39 is 6.51 Å². The molecule has 10 aliphatic heterocycles. The molecule has 3 heteroatoms. The van der Waals surface area contributed by atoms with Crippen LogP contribution in [0.2, 0.25) is 47.2 Å². The van der Waals surface area contributed by atoms with Gasteiger partial charge in [-0.05, 0) is 0 Å². The summed E-state index contributed by atoms with van der Waals surface area (Å²) in [5.41, 5.74) is 3.29. The fraction of sp³-hybridized carbons (Fsp3) is 0.571. The maximum absolute atomic E-state index is 3.66. The standard InChI is InChI=1S/C23H27N2.C5H5.Fe/c1-24(2)22(18-12-7-5-8-13-18)20-16-11-17-21(20)23(25(3)4)19-14-9-6-10-15-19;1-2-4-5-3-1;/h5-17,22-23H,1-4H3;1-5H;/t22-,23-;;/m1../s1. The van der Waals surface area contributed by atoms with Crippen molar-refractivity contribution in [3.05, 3.63) is 71.8 Å². The fourth-order valence-electron chi connectivity index (χ4n) is 21.6. The number of nitrogens with zero attached hydrogens (tertiary/aromatic N) is 2. The summed E-state index contributed by atoms with van der Waals surface area (Å²) < 4.78 is 1.45. The minimum atomic E-state index is -3.66. The predicted octanol–water partition coefficient (Wildman–Crippen LogP) is 6.72. The van der Waals surface area contributed by atoms with Gasteiger partial charge in [0.2, 0.25) is 0 Å². The van der Waals surface area contributed by atoms with E-state index in [0.717, 1.165) is 8.63 Å². The molecule has 1 spiro atoms. The molecule has 2 aromatic rings. The van der Waals surface area contributed by atoms with Gasteiger partial charge < -0.3 is 0 Å². The molecule has 10 fully saturated rings. The summed E-state index contributed by atoms with van der Waals surface area (Å²) in [6, 6.07) is 25.0. The summed E-state index contributed by atoms with van der Waals surface area (Å²) in [5.74, 6) is 0. The van der Waals surface area contributed by atoms with Gasteiger partial charge in [-0.1, -0.05) is 0 Å². The third-order valence-electron chi connectivity index (χ3n) is 19.2. The Morgan fingerprint density at radius 2 is 0.935 bits per heavy atom. The Bertz CT molecular complexity index is 1520. The van der Waals surface area contributed by atoms with Crippen LogP contribution in [0.4, 0.5) is 0 Å². The van der Waals surface area contributed by atoms with Crippen molar-refractivity contribution in [2.24, 2.45) is 0 Å². The zero-order valence-electron chi connectivity index (χ0n) is 18.8. The molecule has 0 saturated carbocycles. The average molecular weight is 452 g/mol. The third kappa shape index (κ3) is 0.286. The van der Waals surface area contributed by atoms with Gasteiger partial charge in [-0.25, -0.2) is 0 Å². The van der Waals surface area contributed by atoms with E-state index in [-0.39, 0.29) is 0 Å². The van der Waals surface area contributed by atoms with E-state index in [1.165, 1.54) is 38.5 Å². The first kappa shape index (κ1) is 14.9. The van der Waals surface area contributed by atoms with E-state index in [0.29, 0.717) is 12.1 Å². The Labute approximate surface area is 175 Å². The normalized spacial score (nSPS) is 75.4. The van der Waals surface area contributed by atoms with Crippen LogP contribution in [-0.4, -0.2) is 38.0 Å². The molecule has 162 valence electrons. The second kappa shape index (κ2) is 1.93. The average Bonchev–Trinajstić information content (AvgIpc) is 3.71. The van der Waals surface area contributed by atoms with Gasteiger partial charge in [0.05, 0.1) is 0 Å². The summed E-state index contributed by atoms with van der Waals surface area (Å²) in [5, 5.41) is 0. The van der Waals surface area contributed by atoms with Crippen molar-refractivity contribution in [1.82, 2.24) is 9.80 Å². The summed E-state index contributed by atoms with van der Waals surface area (Å²) in [4.78, 5) is 15.8. The first-order valence-corrected chi connectivity index (χ1v) is 18.6. The van der Waals surface area contributed by atoms with E-state index in [4.69, 9.17) is 0 Å². The number of benzene rings is 2. The van der Waals surface area contributed by atoms with E-state index in [9.17, 15) is 0 Å². The van der Waals surface area contributed by atoms with Crippen LogP contribution < -0.4 is 0 Å². The first-order valence-electron chi connectivity index (χ1n) is 12.4. The molecular weight excluding hydrogens is 420 g/mol. The Hall–Kier alpha value is -1.12. The topological polar surface area (TPSA) is 6.48 Å². The van der Waals surface area contributed by atoms with Crippen LogP contribution >= 0.6 is 0 Å². The Kier molecular flexibility index (Phi) is 0.928. The molecule has 10 saturated heterocycles. The molecule has 4 unspecified atom stereocenters. The molecule has 12 rings (SSSR count). The Balaban J connectivity index is 1.26.